The normalized spacial score (nSPS) is 14.9. The standard InChI is InChI=1S/C17H22BrN3OS.2ClH/c1-19-11-12-6-8-21(9-7-12)17(22)5-4-16-20-14-10-13(18)2-3-15(14)23-16;;/h2-3,10,12,19H,4-9,11H2,1H3;2*1H. The van der Waals surface area contributed by atoms with Crippen molar-refractivity contribution in [3.05, 3.63) is 27.7 Å². The number of piperidine rings is 1. The van der Waals surface area contributed by atoms with E-state index in [1.54, 1.807) is 11.3 Å². The number of amides is 1. The molecular weight excluding hydrogens is 445 g/mol. The molecule has 0 saturated carbocycles. The number of hydrogen-bond acceptors (Lipinski definition) is 4. The number of benzene rings is 1. The molecule has 1 saturated heterocycles. The van der Waals surface area contributed by atoms with Gasteiger partial charge in [0.2, 0.25) is 5.91 Å². The highest BCUT2D eigenvalue weighted by atomic mass is 79.9. The van der Waals surface area contributed by atoms with E-state index in [2.05, 4.69) is 32.3 Å². The number of likely N-dealkylation sites (tertiary alicyclic amines) is 1. The largest absolute Gasteiger partial charge is 0.343 e. The summed E-state index contributed by atoms with van der Waals surface area (Å²) in [6.07, 6.45) is 3.54. The molecule has 0 aliphatic carbocycles. The fourth-order valence-corrected chi connectivity index (χ4v) is 4.40. The summed E-state index contributed by atoms with van der Waals surface area (Å²) >= 11 is 5.16. The summed E-state index contributed by atoms with van der Waals surface area (Å²) in [6, 6.07) is 6.14. The van der Waals surface area contributed by atoms with Crippen LogP contribution < -0.4 is 5.32 Å². The van der Waals surface area contributed by atoms with E-state index in [4.69, 9.17) is 0 Å². The van der Waals surface area contributed by atoms with E-state index in [0.717, 1.165) is 53.9 Å². The van der Waals surface area contributed by atoms with Crippen LogP contribution in [0.2, 0.25) is 0 Å². The molecule has 2 heterocycles. The molecule has 1 aliphatic heterocycles. The van der Waals surface area contributed by atoms with Gasteiger partial charge in [-0.3, -0.25) is 4.79 Å². The minimum atomic E-state index is 0. The van der Waals surface area contributed by atoms with Crippen LogP contribution in [0.4, 0.5) is 0 Å². The van der Waals surface area contributed by atoms with Crippen molar-refractivity contribution in [1.29, 1.82) is 0 Å². The van der Waals surface area contributed by atoms with Gasteiger partial charge >= 0.3 is 0 Å². The summed E-state index contributed by atoms with van der Waals surface area (Å²) in [6.45, 7) is 2.86. The smallest absolute Gasteiger partial charge is 0.222 e. The fraction of sp³-hybridized carbons (Fsp3) is 0.529. The van der Waals surface area contributed by atoms with Crippen molar-refractivity contribution < 1.29 is 4.79 Å². The third-order valence-electron chi connectivity index (χ3n) is 4.41. The van der Waals surface area contributed by atoms with E-state index in [9.17, 15) is 4.79 Å². The van der Waals surface area contributed by atoms with Gasteiger partial charge in [0.1, 0.15) is 0 Å². The number of carbonyl (C=O) groups excluding carboxylic acids is 1. The van der Waals surface area contributed by atoms with Crippen LogP contribution in [-0.2, 0) is 11.2 Å². The highest BCUT2D eigenvalue weighted by molar-refractivity contribution is 9.10. The second kappa shape index (κ2) is 10.7. The Morgan fingerprint density at radius 2 is 2.08 bits per heavy atom. The highest BCUT2D eigenvalue weighted by Gasteiger charge is 2.22. The van der Waals surface area contributed by atoms with Gasteiger partial charge in [0.05, 0.1) is 15.2 Å². The number of halogens is 3. The number of nitrogens with one attached hydrogen (secondary N) is 1. The lowest BCUT2D eigenvalue weighted by Crippen LogP contribution is -2.40. The van der Waals surface area contributed by atoms with Gasteiger partial charge in [-0.25, -0.2) is 4.98 Å². The van der Waals surface area contributed by atoms with Crippen LogP contribution in [0.25, 0.3) is 10.2 Å². The second-order valence-corrected chi connectivity index (χ2v) is 8.13. The van der Waals surface area contributed by atoms with E-state index in [1.165, 1.54) is 4.70 Å². The van der Waals surface area contributed by atoms with E-state index in [-0.39, 0.29) is 30.7 Å². The lowest BCUT2D eigenvalue weighted by molar-refractivity contribution is -0.132. The summed E-state index contributed by atoms with van der Waals surface area (Å²) in [5.74, 6) is 0.986. The van der Waals surface area contributed by atoms with Crippen LogP contribution in [0, 0.1) is 5.92 Å². The Morgan fingerprint density at radius 3 is 2.76 bits per heavy atom. The Bertz CT molecular complexity index is 690. The number of aryl methyl sites for hydroxylation is 1. The first-order chi connectivity index (χ1) is 11.2. The molecule has 1 aromatic heterocycles. The molecule has 0 radical (unpaired) electrons. The lowest BCUT2D eigenvalue weighted by Gasteiger charge is -2.32. The van der Waals surface area contributed by atoms with Crippen LogP contribution in [0.3, 0.4) is 0 Å². The lowest BCUT2D eigenvalue weighted by atomic mass is 9.96. The second-order valence-electron chi connectivity index (χ2n) is 6.10. The van der Waals surface area contributed by atoms with Crippen LogP contribution in [0.15, 0.2) is 22.7 Å². The molecule has 1 amide bonds. The van der Waals surface area contributed by atoms with E-state index < -0.39 is 0 Å². The molecule has 1 N–H and O–H groups in total. The Labute approximate surface area is 173 Å². The number of hydrogen-bond donors (Lipinski definition) is 1. The molecule has 4 nitrogen and oxygen atoms in total. The van der Waals surface area contributed by atoms with Crippen LogP contribution in [0.5, 0.6) is 0 Å². The van der Waals surface area contributed by atoms with Crippen molar-refractivity contribution in [3.8, 4) is 0 Å². The SMILES string of the molecule is CNCC1CCN(C(=O)CCc2nc3cc(Br)ccc3s2)CC1.Cl.Cl. The Kier molecular flexibility index (Phi) is 9.67. The van der Waals surface area contributed by atoms with Crippen molar-refractivity contribution in [3.63, 3.8) is 0 Å². The first-order valence-electron chi connectivity index (χ1n) is 8.13. The molecule has 3 rings (SSSR count). The molecular formula is C17H24BrCl2N3OS. The predicted octanol–water partition coefficient (Wildman–Crippen LogP) is 4.29. The fourth-order valence-electron chi connectivity index (χ4n) is 3.10. The van der Waals surface area contributed by atoms with Gasteiger partial charge in [-0.05, 0) is 50.6 Å². The van der Waals surface area contributed by atoms with Gasteiger partial charge in [-0.2, -0.15) is 0 Å². The van der Waals surface area contributed by atoms with Crippen molar-refractivity contribution in [2.45, 2.75) is 25.7 Å². The topological polar surface area (TPSA) is 45.2 Å². The minimum Gasteiger partial charge on any atom is -0.343 e. The predicted molar refractivity (Wildman–Crippen MR) is 113 cm³/mol. The van der Waals surface area contributed by atoms with Gasteiger partial charge < -0.3 is 10.2 Å². The van der Waals surface area contributed by atoms with Gasteiger partial charge in [0.15, 0.2) is 0 Å². The van der Waals surface area contributed by atoms with E-state index in [0.29, 0.717) is 12.3 Å². The maximum absolute atomic E-state index is 12.4. The van der Waals surface area contributed by atoms with E-state index in [1.807, 2.05) is 24.1 Å². The summed E-state index contributed by atoms with van der Waals surface area (Å²) in [4.78, 5) is 19.0. The Morgan fingerprint density at radius 1 is 1.36 bits per heavy atom. The number of fused-ring (bicyclic) bond motifs is 1. The first kappa shape index (κ1) is 22.6. The van der Waals surface area contributed by atoms with Gasteiger partial charge in [0, 0.05) is 30.4 Å². The minimum absolute atomic E-state index is 0. The van der Waals surface area contributed by atoms with Crippen molar-refractivity contribution in [1.82, 2.24) is 15.2 Å². The average molecular weight is 469 g/mol. The number of nitrogens with zero attached hydrogens (tertiary/aromatic N) is 2. The molecule has 140 valence electrons. The van der Waals surface area contributed by atoms with Gasteiger partial charge in [-0.15, -0.1) is 36.2 Å². The Hall–Kier alpha value is -0.400. The molecule has 1 aromatic carbocycles. The van der Waals surface area contributed by atoms with Gasteiger partial charge in [-0.1, -0.05) is 15.9 Å². The van der Waals surface area contributed by atoms with Crippen LogP contribution >= 0.6 is 52.1 Å². The highest BCUT2D eigenvalue weighted by Crippen LogP contribution is 2.26. The summed E-state index contributed by atoms with van der Waals surface area (Å²) < 4.78 is 2.23. The molecule has 1 aliphatic rings. The van der Waals surface area contributed by atoms with Crippen molar-refractivity contribution >= 4 is 68.2 Å². The van der Waals surface area contributed by atoms with Crippen LogP contribution in [-0.4, -0.2) is 42.5 Å². The third kappa shape index (κ3) is 6.07. The molecule has 0 atom stereocenters. The number of aromatic nitrogens is 1. The quantitative estimate of drug-likeness (QED) is 0.711. The van der Waals surface area contributed by atoms with Crippen molar-refractivity contribution in [2.24, 2.45) is 5.92 Å². The number of rotatable bonds is 5. The van der Waals surface area contributed by atoms with Crippen molar-refractivity contribution in [2.75, 3.05) is 26.7 Å². The maximum Gasteiger partial charge on any atom is 0.222 e. The Balaban J connectivity index is 0.00000156. The van der Waals surface area contributed by atoms with Crippen LogP contribution in [0.1, 0.15) is 24.3 Å². The molecule has 0 spiro atoms. The zero-order chi connectivity index (χ0) is 16.2. The van der Waals surface area contributed by atoms with E-state index >= 15 is 0 Å². The third-order valence-corrected chi connectivity index (χ3v) is 6.00. The average Bonchev–Trinajstić information content (AvgIpc) is 2.95. The monoisotopic (exact) mass is 467 g/mol. The molecule has 1 fully saturated rings. The summed E-state index contributed by atoms with van der Waals surface area (Å²) in [5.41, 5.74) is 1.01. The van der Waals surface area contributed by atoms with Gasteiger partial charge in [0.25, 0.3) is 0 Å². The first-order valence-corrected chi connectivity index (χ1v) is 9.74. The number of carbonyl (C=O) groups is 1. The summed E-state index contributed by atoms with van der Waals surface area (Å²) in [5, 5.41) is 4.28. The molecule has 8 heteroatoms. The molecule has 0 bridgehead atoms. The zero-order valence-corrected chi connectivity index (χ0v) is 18.2. The number of thiazole rings is 1. The summed E-state index contributed by atoms with van der Waals surface area (Å²) in [7, 11) is 1.99. The molecule has 0 unspecified atom stereocenters. The maximum atomic E-state index is 12.4. The zero-order valence-electron chi connectivity index (χ0n) is 14.2. The molecule has 25 heavy (non-hydrogen) atoms. The molecule has 2 aromatic rings.